The number of hydrogen-bond donors (Lipinski definition) is 3. The Morgan fingerprint density at radius 1 is 1.41 bits per heavy atom. The highest BCUT2D eigenvalue weighted by Gasteiger charge is 2.25. The summed E-state index contributed by atoms with van der Waals surface area (Å²) in [4.78, 5) is 12.4. The minimum atomic E-state index is -0.164. The molecule has 6 heteroatoms. The molecule has 0 bridgehead atoms. The van der Waals surface area contributed by atoms with Gasteiger partial charge in [-0.2, -0.15) is 5.10 Å². The molecule has 1 atom stereocenters. The highest BCUT2D eigenvalue weighted by molar-refractivity contribution is 5.95. The van der Waals surface area contributed by atoms with E-state index in [9.17, 15) is 9.90 Å². The summed E-state index contributed by atoms with van der Waals surface area (Å²) in [5.74, 6) is 0.0383. The van der Waals surface area contributed by atoms with E-state index in [0.717, 1.165) is 23.2 Å². The minimum absolute atomic E-state index is 0.0393. The van der Waals surface area contributed by atoms with Crippen molar-refractivity contribution in [2.24, 2.45) is 0 Å². The lowest BCUT2D eigenvalue weighted by molar-refractivity contribution is 0.0949. The SMILES string of the molecule is O=C(NCc1ccccc1CO)c1cn[nH]c1[C@H]1CCOC1. The van der Waals surface area contributed by atoms with Gasteiger partial charge in [0.05, 0.1) is 30.7 Å². The van der Waals surface area contributed by atoms with Gasteiger partial charge in [-0.1, -0.05) is 24.3 Å². The zero-order chi connectivity index (χ0) is 15.4. The molecule has 116 valence electrons. The third-order valence-electron chi connectivity index (χ3n) is 3.98. The smallest absolute Gasteiger partial charge is 0.255 e. The fourth-order valence-electron chi connectivity index (χ4n) is 2.71. The van der Waals surface area contributed by atoms with Gasteiger partial charge in [0, 0.05) is 19.1 Å². The maximum absolute atomic E-state index is 12.4. The topological polar surface area (TPSA) is 87.2 Å². The standard InChI is InChI=1S/C16H19N3O3/c20-9-12-4-2-1-3-11(12)7-17-16(21)14-8-18-19-15(14)13-5-6-22-10-13/h1-4,8,13,20H,5-7,9-10H2,(H,17,21)(H,18,19)/t13-/m0/s1. The molecule has 1 aliphatic heterocycles. The maximum atomic E-state index is 12.4. The van der Waals surface area contributed by atoms with E-state index in [4.69, 9.17) is 4.74 Å². The number of ether oxygens (including phenoxy) is 1. The Balaban J connectivity index is 1.69. The number of H-pyrrole nitrogens is 1. The van der Waals surface area contributed by atoms with E-state index in [-0.39, 0.29) is 18.4 Å². The van der Waals surface area contributed by atoms with Crippen molar-refractivity contribution in [2.45, 2.75) is 25.5 Å². The van der Waals surface area contributed by atoms with Crippen LogP contribution in [0, 0.1) is 0 Å². The minimum Gasteiger partial charge on any atom is -0.392 e. The Morgan fingerprint density at radius 2 is 2.23 bits per heavy atom. The van der Waals surface area contributed by atoms with Crippen molar-refractivity contribution in [2.75, 3.05) is 13.2 Å². The molecule has 2 aromatic rings. The highest BCUT2D eigenvalue weighted by atomic mass is 16.5. The number of hydrogen-bond acceptors (Lipinski definition) is 4. The fraction of sp³-hybridized carbons (Fsp3) is 0.375. The van der Waals surface area contributed by atoms with Gasteiger partial charge in [-0.15, -0.1) is 0 Å². The second-order valence-electron chi connectivity index (χ2n) is 5.37. The summed E-state index contributed by atoms with van der Waals surface area (Å²) in [7, 11) is 0. The van der Waals surface area contributed by atoms with Gasteiger partial charge < -0.3 is 15.2 Å². The molecule has 2 heterocycles. The van der Waals surface area contributed by atoms with Crippen molar-refractivity contribution in [3.05, 3.63) is 52.8 Å². The molecule has 3 rings (SSSR count). The van der Waals surface area contributed by atoms with E-state index in [2.05, 4.69) is 15.5 Å². The maximum Gasteiger partial charge on any atom is 0.255 e. The summed E-state index contributed by atoms with van der Waals surface area (Å²) in [5.41, 5.74) is 3.13. The number of benzene rings is 1. The highest BCUT2D eigenvalue weighted by Crippen LogP contribution is 2.26. The number of aliphatic hydroxyl groups excluding tert-OH is 1. The van der Waals surface area contributed by atoms with Crippen LogP contribution in [0.4, 0.5) is 0 Å². The van der Waals surface area contributed by atoms with Gasteiger partial charge in [-0.3, -0.25) is 9.89 Å². The van der Waals surface area contributed by atoms with Crippen molar-refractivity contribution >= 4 is 5.91 Å². The Morgan fingerprint density at radius 3 is 2.95 bits per heavy atom. The van der Waals surface area contributed by atoms with Gasteiger partial charge in [0.15, 0.2) is 0 Å². The first-order chi connectivity index (χ1) is 10.8. The number of rotatable bonds is 5. The van der Waals surface area contributed by atoms with E-state index in [1.807, 2.05) is 24.3 Å². The van der Waals surface area contributed by atoms with E-state index < -0.39 is 0 Å². The van der Waals surface area contributed by atoms with Crippen molar-refractivity contribution < 1.29 is 14.6 Å². The molecule has 0 saturated carbocycles. The third kappa shape index (κ3) is 3.03. The summed E-state index contributed by atoms with van der Waals surface area (Å²) in [6.07, 6.45) is 2.46. The average Bonchev–Trinajstić information content (AvgIpc) is 3.23. The van der Waals surface area contributed by atoms with Crippen LogP contribution < -0.4 is 5.32 Å². The molecule has 0 spiro atoms. The van der Waals surface area contributed by atoms with E-state index >= 15 is 0 Å². The summed E-state index contributed by atoms with van der Waals surface area (Å²) < 4.78 is 5.37. The molecule has 1 amide bonds. The summed E-state index contributed by atoms with van der Waals surface area (Å²) in [6, 6.07) is 7.50. The number of carbonyl (C=O) groups excluding carboxylic acids is 1. The van der Waals surface area contributed by atoms with E-state index in [0.29, 0.717) is 25.3 Å². The van der Waals surface area contributed by atoms with Crippen molar-refractivity contribution in [3.63, 3.8) is 0 Å². The van der Waals surface area contributed by atoms with Crippen molar-refractivity contribution in [1.82, 2.24) is 15.5 Å². The van der Waals surface area contributed by atoms with Gasteiger partial charge in [-0.25, -0.2) is 0 Å². The predicted octanol–water partition coefficient (Wildman–Crippen LogP) is 1.34. The molecule has 1 saturated heterocycles. The summed E-state index contributed by atoms with van der Waals surface area (Å²) in [6.45, 7) is 1.67. The molecule has 6 nitrogen and oxygen atoms in total. The first-order valence-corrected chi connectivity index (χ1v) is 7.36. The molecule has 3 N–H and O–H groups in total. The van der Waals surface area contributed by atoms with Crippen LogP contribution in [0.25, 0.3) is 0 Å². The number of nitrogens with zero attached hydrogens (tertiary/aromatic N) is 1. The Kier molecular flexibility index (Phi) is 4.50. The first-order valence-electron chi connectivity index (χ1n) is 7.36. The van der Waals surface area contributed by atoms with Gasteiger partial charge >= 0.3 is 0 Å². The Labute approximate surface area is 128 Å². The van der Waals surface area contributed by atoms with Crippen molar-refractivity contribution in [1.29, 1.82) is 0 Å². The Hall–Kier alpha value is -2.18. The fourth-order valence-corrected chi connectivity index (χ4v) is 2.71. The van der Waals surface area contributed by atoms with Crippen LogP contribution in [0.1, 0.15) is 39.5 Å². The van der Waals surface area contributed by atoms with Crippen LogP contribution in [0.2, 0.25) is 0 Å². The van der Waals surface area contributed by atoms with Crippen LogP contribution in [0.3, 0.4) is 0 Å². The van der Waals surface area contributed by atoms with Gasteiger partial charge in [0.25, 0.3) is 5.91 Å². The molecule has 1 aromatic carbocycles. The second kappa shape index (κ2) is 6.72. The van der Waals surface area contributed by atoms with Crippen LogP contribution in [0.5, 0.6) is 0 Å². The van der Waals surface area contributed by atoms with Crippen LogP contribution >= 0.6 is 0 Å². The Bertz CT molecular complexity index is 648. The zero-order valence-corrected chi connectivity index (χ0v) is 12.2. The number of amides is 1. The van der Waals surface area contributed by atoms with Crippen LogP contribution in [-0.4, -0.2) is 34.4 Å². The molecular weight excluding hydrogens is 282 g/mol. The molecule has 22 heavy (non-hydrogen) atoms. The van der Waals surface area contributed by atoms with Crippen LogP contribution in [0.15, 0.2) is 30.5 Å². The average molecular weight is 301 g/mol. The largest absolute Gasteiger partial charge is 0.392 e. The lowest BCUT2D eigenvalue weighted by Crippen LogP contribution is -2.24. The second-order valence-corrected chi connectivity index (χ2v) is 5.37. The molecule has 1 aliphatic rings. The lowest BCUT2D eigenvalue weighted by atomic mass is 10.0. The quantitative estimate of drug-likeness (QED) is 0.777. The molecule has 1 aromatic heterocycles. The monoisotopic (exact) mass is 301 g/mol. The van der Waals surface area contributed by atoms with Crippen molar-refractivity contribution in [3.8, 4) is 0 Å². The molecule has 0 aliphatic carbocycles. The molecule has 1 fully saturated rings. The van der Waals surface area contributed by atoms with Gasteiger partial charge in [0.2, 0.25) is 0 Å². The molecule has 0 radical (unpaired) electrons. The normalized spacial score (nSPS) is 17.6. The number of carbonyl (C=O) groups is 1. The summed E-state index contributed by atoms with van der Waals surface area (Å²) >= 11 is 0. The molecular formula is C16H19N3O3. The lowest BCUT2D eigenvalue weighted by Gasteiger charge is -2.11. The van der Waals surface area contributed by atoms with Gasteiger partial charge in [0.1, 0.15) is 0 Å². The number of aromatic amines is 1. The number of nitrogens with one attached hydrogen (secondary N) is 2. The predicted molar refractivity (Wildman–Crippen MR) is 80.3 cm³/mol. The number of aromatic nitrogens is 2. The number of aliphatic hydroxyl groups is 1. The zero-order valence-electron chi connectivity index (χ0n) is 12.2. The van der Waals surface area contributed by atoms with E-state index in [1.54, 1.807) is 6.20 Å². The van der Waals surface area contributed by atoms with Gasteiger partial charge in [-0.05, 0) is 17.5 Å². The molecule has 0 unspecified atom stereocenters. The van der Waals surface area contributed by atoms with E-state index in [1.165, 1.54) is 0 Å². The third-order valence-corrected chi connectivity index (χ3v) is 3.98. The first kappa shape index (κ1) is 14.7. The summed E-state index contributed by atoms with van der Waals surface area (Å²) in [5, 5.41) is 19.1. The van der Waals surface area contributed by atoms with Crippen LogP contribution in [-0.2, 0) is 17.9 Å².